The van der Waals surface area contributed by atoms with Gasteiger partial charge in [0.05, 0.1) is 17.0 Å². The Kier molecular flexibility index (Phi) is 4.29. The molecule has 4 rings (SSSR count). The predicted octanol–water partition coefficient (Wildman–Crippen LogP) is 3.55. The molecule has 4 aromatic rings. The lowest BCUT2D eigenvalue weighted by molar-refractivity contribution is 0.600. The standard InChI is InChI=1S/C20H18N4O2S/c21-16-10-12-17(13-11-16)24-19-9-5-4-8-18(19)20(22-24)23-27(25,26)14-15-6-2-1-3-7-15/h1-13H,14,21H2,(H,22,23). The molecule has 27 heavy (non-hydrogen) atoms. The van der Waals surface area contributed by atoms with Gasteiger partial charge in [0.2, 0.25) is 10.0 Å². The van der Waals surface area contributed by atoms with Crippen molar-refractivity contribution in [1.29, 1.82) is 0 Å². The zero-order valence-electron chi connectivity index (χ0n) is 14.4. The van der Waals surface area contributed by atoms with Crippen LogP contribution in [0.5, 0.6) is 0 Å². The molecule has 0 aliphatic rings. The Labute approximate surface area is 157 Å². The van der Waals surface area contributed by atoms with E-state index in [0.29, 0.717) is 17.1 Å². The highest BCUT2D eigenvalue weighted by molar-refractivity contribution is 7.91. The molecular formula is C20H18N4O2S. The maximum atomic E-state index is 12.6. The fraction of sp³-hybridized carbons (Fsp3) is 0.0500. The van der Waals surface area contributed by atoms with E-state index in [2.05, 4.69) is 9.82 Å². The first-order valence-corrected chi connectivity index (χ1v) is 10.1. The average Bonchev–Trinajstić information content (AvgIpc) is 3.01. The molecule has 1 heterocycles. The van der Waals surface area contributed by atoms with Crippen LogP contribution in [0.4, 0.5) is 11.5 Å². The largest absolute Gasteiger partial charge is 0.399 e. The van der Waals surface area contributed by atoms with Gasteiger partial charge < -0.3 is 5.73 Å². The summed E-state index contributed by atoms with van der Waals surface area (Å²) in [6.07, 6.45) is 0. The molecule has 0 saturated carbocycles. The van der Waals surface area contributed by atoms with Crippen LogP contribution in [0.15, 0.2) is 78.9 Å². The number of rotatable bonds is 5. The predicted molar refractivity (Wildman–Crippen MR) is 108 cm³/mol. The highest BCUT2D eigenvalue weighted by Crippen LogP contribution is 2.27. The minimum Gasteiger partial charge on any atom is -0.399 e. The second kappa shape index (κ2) is 6.77. The van der Waals surface area contributed by atoms with Crippen LogP contribution in [-0.4, -0.2) is 18.2 Å². The second-order valence-corrected chi connectivity index (χ2v) is 7.94. The third kappa shape index (κ3) is 3.63. The van der Waals surface area contributed by atoms with Gasteiger partial charge in [0.1, 0.15) is 0 Å². The zero-order valence-corrected chi connectivity index (χ0v) is 15.2. The number of hydrogen-bond donors (Lipinski definition) is 2. The Balaban J connectivity index is 1.73. The number of fused-ring (bicyclic) bond motifs is 1. The molecule has 1 aromatic heterocycles. The van der Waals surface area contributed by atoms with Crippen LogP contribution >= 0.6 is 0 Å². The molecule has 0 atom stereocenters. The van der Waals surface area contributed by atoms with E-state index < -0.39 is 10.0 Å². The third-order valence-corrected chi connectivity index (χ3v) is 5.39. The van der Waals surface area contributed by atoms with Crippen LogP contribution in [0.3, 0.4) is 0 Å². The third-order valence-electron chi connectivity index (χ3n) is 4.18. The quantitative estimate of drug-likeness (QED) is 0.520. The number of aromatic nitrogens is 2. The minimum absolute atomic E-state index is 0.114. The molecule has 0 unspecified atom stereocenters. The smallest absolute Gasteiger partial charge is 0.238 e. The molecule has 7 heteroatoms. The summed E-state index contributed by atoms with van der Waals surface area (Å²) < 4.78 is 29.6. The molecule has 6 nitrogen and oxygen atoms in total. The van der Waals surface area contributed by atoms with Gasteiger partial charge >= 0.3 is 0 Å². The first kappa shape index (κ1) is 17.1. The number of nitrogen functional groups attached to an aromatic ring is 1. The maximum Gasteiger partial charge on any atom is 0.238 e. The fourth-order valence-corrected chi connectivity index (χ4v) is 4.08. The van der Waals surface area contributed by atoms with Gasteiger partial charge in [-0.05, 0) is 42.0 Å². The van der Waals surface area contributed by atoms with Crippen molar-refractivity contribution in [1.82, 2.24) is 9.78 Å². The van der Waals surface area contributed by atoms with Gasteiger partial charge in [-0.3, -0.25) is 4.72 Å². The monoisotopic (exact) mass is 378 g/mol. The van der Waals surface area contributed by atoms with E-state index in [1.165, 1.54) is 0 Å². The number of benzene rings is 3. The van der Waals surface area contributed by atoms with Crippen molar-refractivity contribution < 1.29 is 8.42 Å². The van der Waals surface area contributed by atoms with Gasteiger partial charge in [-0.25, -0.2) is 13.1 Å². The van der Waals surface area contributed by atoms with E-state index in [-0.39, 0.29) is 5.75 Å². The van der Waals surface area contributed by atoms with Crippen molar-refractivity contribution >= 4 is 32.4 Å². The van der Waals surface area contributed by atoms with Crippen LogP contribution in [0, 0.1) is 0 Å². The molecular weight excluding hydrogens is 360 g/mol. The highest BCUT2D eigenvalue weighted by atomic mass is 32.2. The topological polar surface area (TPSA) is 90.0 Å². The van der Waals surface area contributed by atoms with E-state index in [4.69, 9.17) is 5.73 Å². The second-order valence-electron chi connectivity index (χ2n) is 6.22. The van der Waals surface area contributed by atoms with Gasteiger partial charge in [0.25, 0.3) is 0 Å². The summed E-state index contributed by atoms with van der Waals surface area (Å²) in [6, 6.07) is 23.8. The van der Waals surface area contributed by atoms with E-state index >= 15 is 0 Å². The van der Waals surface area contributed by atoms with Crippen LogP contribution in [0.1, 0.15) is 5.56 Å². The molecule has 0 aliphatic carbocycles. The molecule has 3 aromatic carbocycles. The molecule has 3 N–H and O–H groups in total. The average molecular weight is 378 g/mol. The molecule has 0 radical (unpaired) electrons. The number of anilines is 2. The summed E-state index contributed by atoms with van der Waals surface area (Å²) in [6.45, 7) is 0. The Hall–Kier alpha value is -3.32. The van der Waals surface area contributed by atoms with Crippen LogP contribution in [0.2, 0.25) is 0 Å². The summed E-state index contributed by atoms with van der Waals surface area (Å²) in [5.41, 5.74) is 8.73. The highest BCUT2D eigenvalue weighted by Gasteiger charge is 2.18. The van der Waals surface area contributed by atoms with Crippen molar-refractivity contribution in [3.8, 4) is 5.69 Å². The number of para-hydroxylation sites is 1. The molecule has 0 fully saturated rings. The minimum atomic E-state index is -3.60. The van der Waals surface area contributed by atoms with Gasteiger partial charge in [0, 0.05) is 11.1 Å². The van der Waals surface area contributed by atoms with E-state index in [1.54, 1.807) is 28.9 Å². The van der Waals surface area contributed by atoms with Crippen molar-refractivity contribution in [2.45, 2.75) is 5.75 Å². The number of nitrogens with two attached hydrogens (primary N) is 1. The zero-order chi connectivity index (χ0) is 18.9. The van der Waals surface area contributed by atoms with Gasteiger partial charge in [-0.2, -0.15) is 0 Å². The number of sulfonamides is 1. The van der Waals surface area contributed by atoms with Crippen molar-refractivity contribution in [2.75, 3.05) is 10.5 Å². The Morgan fingerprint density at radius 2 is 1.56 bits per heavy atom. The molecule has 0 aliphatic heterocycles. The summed E-state index contributed by atoms with van der Waals surface area (Å²) in [5, 5.41) is 5.23. The van der Waals surface area contributed by atoms with E-state index in [0.717, 1.165) is 16.6 Å². The van der Waals surface area contributed by atoms with Gasteiger partial charge in [0.15, 0.2) is 5.82 Å². The van der Waals surface area contributed by atoms with E-state index in [9.17, 15) is 8.42 Å². The number of nitrogens with one attached hydrogen (secondary N) is 1. The molecule has 0 spiro atoms. The Morgan fingerprint density at radius 1 is 0.889 bits per heavy atom. The Bertz CT molecular complexity index is 1180. The normalized spacial score (nSPS) is 11.6. The van der Waals surface area contributed by atoms with Crippen molar-refractivity contribution in [2.24, 2.45) is 0 Å². The number of hydrogen-bond acceptors (Lipinski definition) is 4. The summed E-state index contributed by atoms with van der Waals surface area (Å²) in [4.78, 5) is 0. The van der Waals surface area contributed by atoms with E-state index in [1.807, 2.05) is 54.6 Å². The van der Waals surface area contributed by atoms with Crippen molar-refractivity contribution in [3.05, 3.63) is 84.4 Å². The summed E-state index contributed by atoms with van der Waals surface area (Å²) >= 11 is 0. The lowest BCUT2D eigenvalue weighted by Crippen LogP contribution is -2.15. The SMILES string of the molecule is Nc1ccc(-n2nc(NS(=O)(=O)Cc3ccccc3)c3ccccc32)cc1. The maximum absolute atomic E-state index is 12.6. The lowest BCUT2D eigenvalue weighted by atomic mass is 10.2. The first-order valence-electron chi connectivity index (χ1n) is 8.40. The summed E-state index contributed by atoms with van der Waals surface area (Å²) in [5.74, 6) is 0.190. The van der Waals surface area contributed by atoms with Crippen LogP contribution < -0.4 is 10.5 Å². The molecule has 136 valence electrons. The first-order chi connectivity index (χ1) is 13.0. The van der Waals surface area contributed by atoms with Crippen LogP contribution in [0.25, 0.3) is 16.6 Å². The van der Waals surface area contributed by atoms with Gasteiger partial charge in [-0.15, -0.1) is 5.10 Å². The van der Waals surface area contributed by atoms with Crippen molar-refractivity contribution in [3.63, 3.8) is 0 Å². The number of nitrogens with zero attached hydrogens (tertiary/aromatic N) is 2. The molecule has 0 amide bonds. The lowest BCUT2D eigenvalue weighted by Gasteiger charge is -2.06. The Morgan fingerprint density at radius 3 is 2.30 bits per heavy atom. The summed E-state index contributed by atoms with van der Waals surface area (Å²) in [7, 11) is -3.60. The molecule has 0 bridgehead atoms. The molecule has 0 saturated heterocycles. The van der Waals surface area contributed by atoms with Crippen LogP contribution in [-0.2, 0) is 15.8 Å². The fourth-order valence-electron chi connectivity index (χ4n) is 2.93. The van der Waals surface area contributed by atoms with Gasteiger partial charge in [-0.1, -0.05) is 42.5 Å².